The van der Waals surface area contributed by atoms with Gasteiger partial charge in [0, 0.05) is 5.54 Å². The molecule has 0 aromatic heterocycles. The number of likely N-dealkylation sites (N-methyl/N-ethyl adjacent to an activating group) is 1. The lowest BCUT2D eigenvalue weighted by molar-refractivity contribution is 0.00360. The molecule has 1 saturated heterocycles. The van der Waals surface area contributed by atoms with E-state index in [1.54, 1.807) is 0 Å². The molecule has 2 heteroatoms. The van der Waals surface area contributed by atoms with Crippen LogP contribution in [0.3, 0.4) is 0 Å². The molecule has 0 amide bonds. The van der Waals surface area contributed by atoms with Gasteiger partial charge in [0.2, 0.25) is 0 Å². The molecule has 1 atom stereocenters. The molecule has 0 bridgehead atoms. The summed E-state index contributed by atoms with van der Waals surface area (Å²) in [6, 6.07) is 0. The maximum atomic E-state index is 5.66. The summed E-state index contributed by atoms with van der Waals surface area (Å²) in [4.78, 5) is 2.41. The number of hydrogen-bond acceptors (Lipinski definition) is 2. The second kappa shape index (κ2) is 3.75. The Labute approximate surface area is 75.9 Å². The SMILES string of the molecule is CC(C)OC[C@@]1(C)CCCN1C. The molecule has 0 N–H and O–H groups in total. The summed E-state index contributed by atoms with van der Waals surface area (Å²) in [5.74, 6) is 0. The van der Waals surface area contributed by atoms with E-state index in [0.717, 1.165) is 6.61 Å². The van der Waals surface area contributed by atoms with Gasteiger partial charge >= 0.3 is 0 Å². The Bertz CT molecular complexity index is 147. The fourth-order valence-electron chi connectivity index (χ4n) is 1.69. The molecule has 0 aromatic rings. The molecule has 0 aromatic carbocycles. The van der Waals surface area contributed by atoms with Crippen LogP contribution in [0.2, 0.25) is 0 Å². The predicted octanol–water partition coefficient (Wildman–Crippen LogP) is 1.90. The monoisotopic (exact) mass is 171 g/mol. The molecule has 2 nitrogen and oxygen atoms in total. The van der Waals surface area contributed by atoms with Crippen LogP contribution < -0.4 is 0 Å². The standard InChI is InChI=1S/C10H21NO/c1-9(2)12-8-10(3)6-5-7-11(10)4/h9H,5-8H2,1-4H3/t10-/m1/s1. The van der Waals surface area contributed by atoms with Gasteiger partial charge in [-0.15, -0.1) is 0 Å². The molecule has 1 aliphatic heterocycles. The number of hydrogen-bond donors (Lipinski definition) is 0. The van der Waals surface area contributed by atoms with Gasteiger partial charge in [-0.1, -0.05) is 0 Å². The van der Waals surface area contributed by atoms with E-state index in [4.69, 9.17) is 4.74 Å². The van der Waals surface area contributed by atoms with Crippen LogP contribution in [0.25, 0.3) is 0 Å². The van der Waals surface area contributed by atoms with Crippen LogP contribution in [0.15, 0.2) is 0 Å². The number of likely N-dealkylation sites (tertiary alicyclic amines) is 1. The summed E-state index contributed by atoms with van der Waals surface area (Å²) in [6.45, 7) is 8.58. The van der Waals surface area contributed by atoms with Crippen LogP contribution in [0, 0.1) is 0 Å². The average Bonchev–Trinajstić information content (AvgIpc) is 2.30. The van der Waals surface area contributed by atoms with Crippen LogP contribution in [-0.2, 0) is 4.74 Å². The third-order valence-electron chi connectivity index (χ3n) is 2.86. The maximum Gasteiger partial charge on any atom is 0.0651 e. The Hall–Kier alpha value is -0.0800. The van der Waals surface area contributed by atoms with E-state index in [0.29, 0.717) is 11.6 Å². The molecule has 12 heavy (non-hydrogen) atoms. The van der Waals surface area contributed by atoms with Crippen molar-refractivity contribution in [1.82, 2.24) is 4.90 Å². The van der Waals surface area contributed by atoms with Crippen molar-refractivity contribution >= 4 is 0 Å². The zero-order valence-corrected chi connectivity index (χ0v) is 8.76. The molecule has 72 valence electrons. The minimum atomic E-state index is 0.296. The Morgan fingerprint density at radius 3 is 2.58 bits per heavy atom. The van der Waals surface area contributed by atoms with Crippen molar-refractivity contribution in [3.05, 3.63) is 0 Å². The molecule has 0 radical (unpaired) electrons. The first-order chi connectivity index (χ1) is 5.54. The number of nitrogens with zero attached hydrogens (tertiary/aromatic N) is 1. The minimum absolute atomic E-state index is 0.296. The molecule has 1 fully saturated rings. The van der Waals surface area contributed by atoms with Crippen LogP contribution in [0.4, 0.5) is 0 Å². The summed E-state index contributed by atoms with van der Waals surface area (Å²) in [5, 5.41) is 0. The Morgan fingerprint density at radius 1 is 1.50 bits per heavy atom. The topological polar surface area (TPSA) is 12.5 Å². The van der Waals surface area contributed by atoms with Crippen molar-refractivity contribution in [3.63, 3.8) is 0 Å². The lowest BCUT2D eigenvalue weighted by atomic mass is 10.0. The van der Waals surface area contributed by atoms with E-state index in [-0.39, 0.29) is 0 Å². The first kappa shape index (κ1) is 10.0. The fourth-order valence-corrected chi connectivity index (χ4v) is 1.69. The van der Waals surface area contributed by atoms with Gasteiger partial charge in [-0.05, 0) is 47.2 Å². The highest BCUT2D eigenvalue weighted by molar-refractivity contribution is 4.89. The van der Waals surface area contributed by atoms with Gasteiger partial charge in [0.05, 0.1) is 12.7 Å². The molecular weight excluding hydrogens is 150 g/mol. The molecule has 0 saturated carbocycles. The van der Waals surface area contributed by atoms with Crippen molar-refractivity contribution in [2.45, 2.75) is 45.3 Å². The zero-order chi connectivity index (χ0) is 9.19. The van der Waals surface area contributed by atoms with Crippen molar-refractivity contribution in [1.29, 1.82) is 0 Å². The second-order valence-electron chi connectivity index (χ2n) is 4.38. The first-order valence-corrected chi connectivity index (χ1v) is 4.87. The summed E-state index contributed by atoms with van der Waals surface area (Å²) in [5.41, 5.74) is 0.296. The quantitative estimate of drug-likeness (QED) is 0.643. The lowest BCUT2D eigenvalue weighted by Crippen LogP contribution is -2.43. The summed E-state index contributed by atoms with van der Waals surface area (Å²) >= 11 is 0. The zero-order valence-electron chi connectivity index (χ0n) is 8.76. The van der Waals surface area contributed by atoms with E-state index in [1.165, 1.54) is 19.4 Å². The number of rotatable bonds is 3. The Kier molecular flexibility index (Phi) is 3.13. The van der Waals surface area contributed by atoms with Gasteiger partial charge in [-0.3, -0.25) is 4.90 Å². The van der Waals surface area contributed by atoms with Crippen molar-refractivity contribution < 1.29 is 4.74 Å². The first-order valence-electron chi connectivity index (χ1n) is 4.87. The maximum absolute atomic E-state index is 5.66. The number of ether oxygens (including phenoxy) is 1. The normalized spacial score (nSPS) is 31.8. The largest absolute Gasteiger partial charge is 0.377 e. The van der Waals surface area contributed by atoms with Crippen molar-refractivity contribution in [3.8, 4) is 0 Å². The van der Waals surface area contributed by atoms with Gasteiger partial charge in [-0.25, -0.2) is 0 Å². The molecule has 0 aliphatic carbocycles. The van der Waals surface area contributed by atoms with Gasteiger partial charge in [0.1, 0.15) is 0 Å². The average molecular weight is 171 g/mol. The third kappa shape index (κ3) is 2.20. The molecule has 1 aliphatic rings. The minimum Gasteiger partial charge on any atom is -0.377 e. The van der Waals surface area contributed by atoms with Crippen molar-refractivity contribution in [2.24, 2.45) is 0 Å². The van der Waals surface area contributed by atoms with E-state index in [9.17, 15) is 0 Å². The van der Waals surface area contributed by atoms with Gasteiger partial charge in [-0.2, -0.15) is 0 Å². The molecule has 0 spiro atoms. The molecule has 1 heterocycles. The highest BCUT2D eigenvalue weighted by Gasteiger charge is 2.34. The fraction of sp³-hybridized carbons (Fsp3) is 1.00. The van der Waals surface area contributed by atoms with Gasteiger partial charge in [0.15, 0.2) is 0 Å². The van der Waals surface area contributed by atoms with Crippen LogP contribution in [-0.4, -0.2) is 36.7 Å². The highest BCUT2D eigenvalue weighted by Crippen LogP contribution is 2.27. The van der Waals surface area contributed by atoms with Crippen molar-refractivity contribution in [2.75, 3.05) is 20.2 Å². The Balaban J connectivity index is 2.37. The predicted molar refractivity (Wildman–Crippen MR) is 51.4 cm³/mol. The highest BCUT2D eigenvalue weighted by atomic mass is 16.5. The van der Waals surface area contributed by atoms with Crippen LogP contribution in [0.5, 0.6) is 0 Å². The van der Waals surface area contributed by atoms with E-state index in [2.05, 4.69) is 32.7 Å². The Morgan fingerprint density at radius 2 is 2.17 bits per heavy atom. The summed E-state index contributed by atoms with van der Waals surface area (Å²) in [6.07, 6.45) is 2.95. The van der Waals surface area contributed by atoms with Crippen LogP contribution >= 0.6 is 0 Å². The second-order valence-corrected chi connectivity index (χ2v) is 4.38. The van der Waals surface area contributed by atoms with Crippen LogP contribution in [0.1, 0.15) is 33.6 Å². The van der Waals surface area contributed by atoms with E-state index >= 15 is 0 Å². The summed E-state index contributed by atoms with van der Waals surface area (Å²) in [7, 11) is 2.19. The summed E-state index contributed by atoms with van der Waals surface area (Å²) < 4.78 is 5.66. The molecular formula is C10H21NO. The van der Waals surface area contributed by atoms with E-state index < -0.39 is 0 Å². The van der Waals surface area contributed by atoms with E-state index in [1.807, 2.05) is 0 Å². The third-order valence-corrected chi connectivity index (χ3v) is 2.86. The molecule has 1 rings (SSSR count). The lowest BCUT2D eigenvalue weighted by Gasteiger charge is -2.32. The van der Waals surface area contributed by atoms with Gasteiger partial charge in [0.25, 0.3) is 0 Å². The van der Waals surface area contributed by atoms with Gasteiger partial charge < -0.3 is 4.74 Å². The molecule has 0 unspecified atom stereocenters. The smallest absolute Gasteiger partial charge is 0.0651 e.